The van der Waals surface area contributed by atoms with Crippen molar-refractivity contribution in [2.45, 2.75) is 0 Å². The van der Waals surface area contributed by atoms with Gasteiger partial charge in [-0.3, -0.25) is 0 Å². The van der Waals surface area contributed by atoms with Gasteiger partial charge in [-0.15, -0.1) is 0 Å². The van der Waals surface area contributed by atoms with E-state index in [0.717, 1.165) is 0 Å². The number of hydrogen-bond acceptors (Lipinski definition) is 2. The number of nitrogens with two attached hydrogens (primary N) is 2. The van der Waals surface area contributed by atoms with Crippen LogP contribution in [0.3, 0.4) is 0 Å². The first-order chi connectivity index (χ1) is 3.46. The fraction of sp³-hybridized carbons (Fsp3) is 0. The maximum atomic E-state index is 8.78. The molecule has 0 spiro atoms. The standard InChI is InChI=1S/2CH3NO2.Cu/c2*2-1(3)4;/h2*2H2,(H,3,4);. The van der Waals surface area contributed by atoms with Gasteiger partial charge in [0, 0.05) is 17.1 Å². The van der Waals surface area contributed by atoms with E-state index in [1.807, 2.05) is 0 Å². The molecule has 7 heteroatoms. The number of rotatable bonds is 0. The Morgan fingerprint density at radius 1 is 1.00 bits per heavy atom. The Balaban J connectivity index is -0.0000000720. The van der Waals surface area contributed by atoms with Crippen molar-refractivity contribution in [3.63, 3.8) is 0 Å². The fourth-order valence-corrected chi connectivity index (χ4v) is 0. The summed E-state index contributed by atoms with van der Waals surface area (Å²) < 4.78 is 0. The van der Waals surface area contributed by atoms with Gasteiger partial charge in [-0.25, -0.2) is 9.59 Å². The van der Waals surface area contributed by atoms with Crippen molar-refractivity contribution in [3.8, 4) is 0 Å². The zero-order valence-corrected chi connectivity index (χ0v) is 5.11. The van der Waals surface area contributed by atoms with Crippen LogP contribution in [0.1, 0.15) is 0 Å². The monoisotopic (exact) mass is 185 g/mol. The molecule has 0 aromatic rings. The molecule has 9 heavy (non-hydrogen) atoms. The predicted molar refractivity (Wildman–Crippen MR) is 24.4 cm³/mol. The first-order valence-corrected chi connectivity index (χ1v) is 1.43. The van der Waals surface area contributed by atoms with E-state index in [9.17, 15) is 0 Å². The molecule has 0 unspecified atom stereocenters. The van der Waals surface area contributed by atoms with Gasteiger partial charge in [0.15, 0.2) is 0 Å². The van der Waals surface area contributed by atoms with Crippen LogP contribution in [0, 0.1) is 0 Å². The maximum absolute atomic E-state index is 8.78. The zero-order valence-electron chi connectivity index (χ0n) is 4.17. The molecule has 0 aromatic carbocycles. The minimum absolute atomic E-state index is 0. The molecule has 2 amide bonds. The summed E-state index contributed by atoms with van der Waals surface area (Å²) in [5, 5.41) is 14.4. The third-order valence-electron chi connectivity index (χ3n) is 0. The van der Waals surface area contributed by atoms with Gasteiger partial charge >= 0.3 is 12.2 Å². The summed E-state index contributed by atoms with van der Waals surface area (Å²) in [4.78, 5) is 17.6. The van der Waals surface area contributed by atoms with E-state index in [2.05, 4.69) is 11.5 Å². The van der Waals surface area contributed by atoms with E-state index in [1.54, 1.807) is 0 Å². The quantitative estimate of drug-likeness (QED) is 0.370. The molecule has 6 nitrogen and oxygen atoms in total. The third kappa shape index (κ3) is 204. The maximum Gasteiger partial charge on any atom is 0.402 e. The number of amides is 2. The second-order valence-corrected chi connectivity index (χ2v) is 0.676. The second-order valence-electron chi connectivity index (χ2n) is 0.676. The Morgan fingerprint density at radius 2 is 1.00 bits per heavy atom. The Kier molecular flexibility index (Phi) is 17.7. The molecule has 0 aliphatic heterocycles. The van der Waals surface area contributed by atoms with Gasteiger partial charge in [-0.05, 0) is 0 Å². The minimum atomic E-state index is -1.33. The molecule has 1 radical (unpaired) electrons. The van der Waals surface area contributed by atoms with E-state index in [0.29, 0.717) is 0 Å². The van der Waals surface area contributed by atoms with Crippen LogP contribution < -0.4 is 11.5 Å². The predicted octanol–water partition coefficient (Wildman–Crippen LogP) is -0.756. The van der Waals surface area contributed by atoms with E-state index < -0.39 is 12.2 Å². The van der Waals surface area contributed by atoms with Crippen LogP contribution in [-0.4, -0.2) is 22.4 Å². The molecular weight excluding hydrogens is 180 g/mol. The fourth-order valence-electron chi connectivity index (χ4n) is 0. The van der Waals surface area contributed by atoms with Crippen molar-refractivity contribution in [2.75, 3.05) is 0 Å². The van der Waals surface area contributed by atoms with Gasteiger partial charge in [0.1, 0.15) is 0 Å². The van der Waals surface area contributed by atoms with Gasteiger partial charge in [-0.2, -0.15) is 0 Å². The summed E-state index contributed by atoms with van der Waals surface area (Å²) in [5.74, 6) is 0. The average molecular weight is 186 g/mol. The Bertz CT molecular complexity index is 74.6. The largest absolute Gasteiger partial charge is 0.465 e. The van der Waals surface area contributed by atoms with Crippen LogP contribution in [0.25, 0.3) is 0 Å². The van der Waals surface area contributed by atoms with Gasteiger partial charge in [0.05, 0.1) is 0 Å². The number of primary amides is 2. The van der Waals surface area contributed by atoms with Crippen molar-refractivity contribution in [3.05, 3.63) is 0 Å². The van der Waals surface area contributed by atoms with Crippen LogP contribution in [0.4, 0.5) is 9.59 Å². The first-order valence-electron chi connectivity index (χ1n) is 1.43. The molecule has 0 rings (SSSR count). The average Bonchev–Trinajstić information content (AvgIpc) is 1.25. The van der Waals surface area contributed by atoms with Crippen molar-refractivity contribution in [1.29, 1.82) is 0 Å². The van der Waals surface area contributed by atoms with Gasteiger partial charge < -0.3 is 21.7 Å². The van der Waals surface area contributed by atoms with Crippen LogP contribution in [0.5, 0.6) is 0 Å². The molecular formula is C2H6CuN2O4. The summed E-state index contributed by atoms with van der Waals surface area (Å²) in [6, 6.07) is 0. The van der Waals surface area contributed by atoms with Crippen molar-refractivity contribution in [1.82, 2.24) is 0 Å². The van der Waals surface area contributed by atoms with Crippen molar-refractivity contribution in [2.24, 2.45) is 11.5 Å². The van der Waals surface area contributed by atoms with Crippen molar-refractivity contribution < 1.29 is 36.9 Å². The molecule has 0 saturated carbocycles. The van der Waals surface area contributed by atoms with Crippen LogP contribution >= 0.6 is 0 Å². The number of carbonyl (C=O) groups is 2. The normalized spacial score (nSPS) is 5.33. The van der Waals surface area contributed by atoms with E-state index in [1.165, 1.54) is 0 Å². The Labute approximate surface area is 61.3 Å². The smallest absolute Gasteiger partial charge is 0.402 e. The molecule has 6 N–H and O–H groups in total. The summed E-state index contributed by atoms with van der Waals surface area (Å²) in [6.07, 6.45) is -2.67. The van der Waals surface area contributed by atoms with Crippen LogP contribution in [-0.2, 0) is 17.1 Å². The number of hydrogen-bond donors (Lipinski definition) is 4. The zero-order chi connectivity index (χ0) is 7.15. The molecule has 0 aliphatic rings. The molecule has 0 aromatic heterocycles. The van der Waals surface area contributed by atoms with Gasteiger partial charge in [0.25, 0.3) is 0 Å². The van der Waals surface area contributed by atoms with Crippen molar-refractivity contribution >= 4 is 12.2 Å². The van der Waals surface area contributed by atoms with Crippen LogP contribution in [0.2, 0.25) is 0 Å². The topological polar surface area (TPSA) is 127 Å². The summed E-state index contributed by atoms with van der Waals surface area (Å²) in [6.45, 7) is 0. The minimum Gasteiger partial charge on any atom is -0.465 e. The molecule has 0 bridgehead atoms. The van der Waals surface area contributed by atoms with Crippen LogP contribution in [0.15, 0.2) is 0 Å². The summed E-state index contributed by atoms with van der Waals surface area (Å²) in [5.41, 5.74) is 8.06. The van der Waals surface area contributed by atoms with E-state index >= 15 is 0 Å². The SMILES string of the molecule is NC(=O)O.NC(=O)O.[Cu]. The molecule has 0 saturated heterocycles. The Morgan fingerprint density at radius 3 is 1.00 bits per heavy atom. The molecule has 0 fully saturated rings. The molecule has 59 valence electrons. The first kappa shape index (κ1) is 15.7. The molecule has 0 heterocycles. The van der Waals surface area contributed by atoms with E-state index in [4.69, 9.17) is 19.8 Å². The summed E-state index contributed by atoms with van der Waals surface area (Å²) >= 11 is 0. The van der Waals surface area contributed by atoms with Gasteiger partial charge in [0.2, 0.25) is 0 Å². The third-order valence-corrected chi connectivity index (χ3v) is 0. The van der Waals surface area contributed by atoms with Gasteiger partial charge in [-0.1, -0.05) is 0 Å². The number of carboxylic acid groups (broad SMARTS) is 2. The molecule has 0 atom stereocenters. The molecule has 0 aliphatic carbocycles. The second kappa shape index (κ2) is 10.1. The Hall–Kier alpha value is -0.941. The summed E-state index contributed by atoms with van der Waals surface area (Å²) in [7, 11) is 0. The van der Waals surface area contributed by atoms with E-state index in [-0.39, 0.29) is 17.1 Å².